The monoisotopic (exact) mass is 447 g/mol. The van der Waals surface area contributed by atoms with Gasteiger partial charge < -0.3 is 4.74 Å². The van der Waals surface area contributed by atoms with Crippen LogP contribution in [0, 0.1) is 26.7 Å². The molecule has 2 atom stereocenters. The number of carbonyl (C=O) groups excluding carboxylic acids is 1. The molecule has 0 spiro atoms. The van der Waals surface area contributed by atoms with Crippen LogP contribution in [-0.4, -0.2) is 31.0 Å². The molecule has 171 valence electrons. The predicted molar refractivity (Wildman–Crippen MR) is 143 cm³/mol. The van der Waals surface area contributed by atoms with E-state index in [1.807, 2.05) is 6.07 Å². The van der Waals surface area contributed by atoms with E-state index >= 15 is 0 Å². The number of aryl methyl sites for hydroxylation is 3. The minimum absolute atomic E-state index is 0. The van der Waals surface area contributed by atoms with Crippen LogP contribution in [0.3, 0.4) is 0 Å². The maximum absolute atomic E-state index is 13.2. The molecule has 0 aromatic heterocycles. The third kappa shape index (κ3) is 8.06. The minimum Gasteiger partial charge on any atom is -0.493 e. The number of rotatable bonds is 10. The summed E-state index contributed by atoms with van der Waals surface area (Å²) in [6.45, 7) is 18.1. The van der Waals surface area contributed by atoms with Crippen LogP contribution >= 0.6 is 8.58 Å². The van der Waals surface area contributed by atoms with Gasteiger partial charge in [-0.2, -0.15) is 0 Å². The van der Waals surface area contributed by atoms with Crippen molar-refractivity contribution in [3.63, 3.8) is 0 Å². The number of unbranched alkanes of at least 4 members (excludes halogenated alkanes) is 1. The smallest absolute Gasteiger partial charge is 0.186 e. The zero-order chi connectivity index (χ0) is 23.2. The van der Waals surface area contributed by atoms with Gasteiger partial charge in [0.2, 0.25) is 0 Å². The Morgan fingerprint density at radius 3 is 2.12 bits per heavy atom. The van der Waals surface area contributed by atoms with Crippen molar-refractivity contribution in [1.29, 1.82) is 0 Å². The Kier molecular flexibility index (Phi) is 11.8. The van der Waals surface area contributed by atoms with E-state index in [1.54, 1.807) is 0 Å². The van der Waals surface area contributed by atoms with E-state index in [1.165, 1.54) is 24.8 Å². The molecule has 2 nitrogen and oxygen atoms in total. The molecule has 2 unspecified atom stereocenters. The normalized spacial score (nSPS) is 12.6. The Morgan fingerprint density at radius 1 is 1.00 bits per heavy atom. The van der Waals surface area contributed by atoms with Crippen molar-refractivity contribution >= 4 is 38.3 Å². The van der Waals surface area contributed by atoms with Crippen molar-refractivity contribution in [3.05, 3.63) is 58.1 Å². The van der Waals surface area contributed by atoms with Crippen molar-refractivity contribution in [2.24, 2.45) is 5.92 Å². The molecule has 0 fully saturated rings. The summed E-state index contributed by atoms with van der Waals surface area (Å²) in [7, 11) is 0.130. The summed E-state index contributed by atoms with van der Waals surface area (Å²) in [6.07, 6.45) is 4.88. The molecule has 0 aliphatic heterocycles. The van der Waals surface area contributed by atoms with Gasteiger partial charge in [-0.1, -0.05) is 72.1 Å². The first-order valence-corrected chi connectivity index (χ1v) is 12.7. The molecule has 0 heterocycles. The number of carbonyl (C=O) groups is 1. The third-order valence-electron chi connectivity index (χ3n) is 6.10. The molecule has 0 aliphatic carbocycles. The molecule has 0 amide bonds. The Balaban J connectivity index is 0.00000512. The largest absolute Gasteiger partial charge is 0.493 e. The number of benzene rings is 2. The van der Waals surface area contributed by atoms with Crippen LogP contribution in [0.2, 0.25) is 0 Å². The molecule has 0 saturated heterocycles. The molecule has 2 rings (SSSR count). The van der Waals surface area contributed by atoms with Gasteiger partial charge >= 0.3 is 0 Å². The van der Waals surface area contributed by atoms with Gasteiger partial charge in [-0.25, -0.2) is 0 Å². The van der Waals surface area contributed by atoms with Gasteiger partial charge in [0.05, 0.1) is 6.61 Å². The molecule has 0 N–H and O–H groups in total. The van der Waals surface area contributed by atoms with Crippen LogP contribution in [0.4, 0.5) is 0 Å². The fourth-order valence-electron chi connectivity index (χ4n) is 3.92. The molecular weight excluding hydrogens is 406 g/mol. The van der Waals surface area contributed by atoms with Gasteiger partial charge in [0, 0.05) is 24.4 Å². The Hall–Kier alpha value is -1.06. The van der Waals surface area contributed by atoms with Crippen LogP contribution in [0.1, 0.15) is 92.9 Å². The fraction of sp³-hybridized carbons (Fsp3) is 0.536. The van der Waals surface area contributed by atoms with Crippen molar-refractivity contribution in [2.75, 3.05) is 6.61 Å². The van der Waals surface area contributed by atoms with E-state index in [2.05, 4.69) is 79.7 Å². The maximum Gasteiger partial charge on any atom is 0.186 e. The number of ether oxygens (including phenoxy) is 1. The van der Waals surface area contributed by atoms with Gasteiger partial charge in [0.15, 0.2) is 5.52 Å². The Bertz CT molecular complexity index is 876. The summed E-state index contributed by atoms with van der Waals surface area (Å²) in [5, 5.41) is 1.11. The number of hydrogen-bond acceptors (Lipinski definition) is 2. The molecule has 2 aromatic carbocycles. The number of hydrogen-bond donors (Lipinski definition) is 0. The molecular formula is C28H41LiO2P. The average molecular weight is 448 g/mol. The standard InChI is InChI=1S/C28H41O2P.Li/c1-9-11-12-22(10-2)18-30-24-13-14-25(19(3)17-24)31-27(29)26-20(4)15-23(16-21(26)5)28(6,7)8;/h13-17,22,31H,9-12,18H2,1-8H3;. The average Bonchev–Trinajstić information content (AvgIpc) is 2.68. The van der Waals surface area contributed by atoms with Crippen molar-refractivity contribution in [1.82, 2.24) is 0 Å². The SMILES string of the molecule is CCCCC(CC)COc1ccc(PC(=O)c2c(C)cc(C(C)(C)C)cc2C)c(C)c1.[Li]. The van der Waals surface area contributed by atoms with Crippen molar-refractivity contribution < 1.29 is 9.53 Å². The van der Waals surface area contributed by atoms with Gasteiger partial charge in [-0.15, -0.1) is 0 Å². The van der Waals surface area contributed by atoms with Crippen LogP contribution in [-0.2, 0) is 5.41 Å². The van der Waals surface area contributed by atoms with Crippen LogP contribution in [0.5, 0.6) is 5.75 Å². The van der Waals surface area contributed by atoms with Crippen molar-refractivity contribution in [2.45, 2.75) is 86.5 Å². The van der Waals surface area contributed by atoms with E-state index in [-0.39, 0.29) is 38.4 Å². The van der Waals surface area contributed by atoms with Crippen LogP contribution in [0.25, 0.3) is 0 Å². The summed E-state index contributed by atoms with van der Waals surface area (Å²) >= 11 is 0. The van der Waals surface area contributed by atoms with E-state index < -0.39 is 0 Å². The van der Waals surface area contributed by atoms with Crippen molar-refractivity contribution in [3.8, 4) is 5.75 Å². The van der Waals surface area contributed by atoms with E-state index in [0.29, 0.717) is 5.92 Å². The predicted octanol–water partition coefficient (Wildman–Crippen LogP) is 7.27. The molecule has 0 bridgehead atoms. The maximum atomic E-state index is 13.2. The first-order valence-electron chi connectivity index (χ1n) is 11.7. The van der Waals surface area contributed by atoms with E-state index in [0.717, 1.165) is 46.3 Å². The van der Waals surface area contributed by atoms with Crippen LogP contribution in [0.15, 0.2) is 30.3 Å². The second-order valence-electron chi connectivity index (χ2n) is 9.89. The second kappa shape index (κ2) is 13.0. The second-order valence-corrected chi connectivity index (χ2v) is 11.1. The summed E-state index contributed by atoms with van der Waals surface area (Å²) in [4.78, 5) is 13.2. The zero-order valence-corrected chi connectivity index (χ0v) is 22.8. The van der Waals surface area contributed by atoms with Gasteiger partial charge in [-0.3, -0.25) is 4.79 Å². The summed E-state index contributed by atoms with van der Waals surface area (Å²) in [6, 6.07) is 10.5. The quantitative estimate of drug-likeness (QED) is 0.283. The summed E-state index contributed by atoms with van der Waals surface area (Å²) in [5.41, 5.74) is 5.76. The van der Waals surface area contributed by atoms with Gasteiger partial charge in [0.25, 0.3) is 0 Å². The minimum atomic E-state index is 0. The molecule has 0 saturated carbocycles. The molecule has 32 heavy (non-hydrogen) atoms. The third-order valence-corrected chi connectivity index (χ3v) is 7.41. The molecule has 1 radical (unpaired) electrons. The first-order chi connectivity index (χ1) is 14.6. The topological polar surface area (TPSA) is 26.3 Å². The van der Waals surface area contributed by atoms with E-state index in [9.17, 15) is 4.79 Å². The fourth-order valence-corrected chi connectivity index (χ4v) is 5.12. The first kappa shape index (κ1) is 29.0. The van der Waals surface area contributed by atoms with Gasteiger partial charge in [-0.05, 0) is 86.8 Å². The zero-order valence-electron chi connectivity index (χ0n) is 21.8. The van der Waals surface area contributed by atoms with Crippen LogP contribution < -0.4 is 10.0 Å². The Labute approximate surface area is 210 Å². The molecule has 4 heteroatoms. The Morgan fingerprint density at radius 2 is 1.62 bits per heavy atom. The summed E-state index contributed by atoms with van der Waals surface area (Å²) in [5.74, 6) is 1.53. The van der Waals surface area contributed by atoms with Gasteiger partial charge in [0.1, 0.15) is 5.75 Å². The summed E-state index contributed by atoms with van der Waals surface area (Å²) < 4.78 is 6.08. The van der Waals surface area contributed by atoms with E-state index in [4.69, 9.17) is 4.74 Å². The molecule has 0 aliphatic rings. The molecule has 2 aromatic rings.